The summed E-state index contributed by atoms with van der Waals surface area (Å²) in [5.41, 5.74) is 10.4. The molecular weight excluding hydrogens is 418 g/mol. The fourth-order valence-electron chi connectivity index (χ4n) is 2.81. The van der Waals surface area contributed by atoms with Crippen LogP contribution in [-0.4, -0.2) is 10.1 Å². The van der Waals surface area contributed by atoms with E-state index in [1.165, 1.54) is 0 Å². The third kappa shape index (κ3) is 3.77. The zero-order chi connectivity index (χ0) is 19.5. The van der Waals surface area contributed by atoms with Gasteiger partial charge >= 0.3 is 0 Å². The summed E-state index contributed by atoms with van der Waals surface area (Å²) in [6.45, 7) is 2.42. The molecule has 0 unspecified atom stereocenters. The van der Waals surface area contributed by atoms with Gasteiger partial charge in [-0.3, -0.25) is 0 Å². The third-order valence-corrected chi connectivity index (χ3v) is 5.13. The molecule has 0 saturated carbocycles. The maximum Gasteiger partial charge on any atom is 0.258 e. The highest BCUT2D eigenvalue weighted by atomic mass is 79.9. The Hall–Kier alpha value is -3.12. The summed E-state index contributed by atoms with van der Waals surface area (Å²) in [4.78, 5) is 4.52. The van der Waals surface area contributed by atoms with Crippen LogP contribution in [0.4, 0.5) is 5.69 Å². The van der Waals surface area contributed by atoms with Gasteiger partial charge in [-0.2, -0.15) is 4.98 Å². The van der Waals surface area contributed by atoms with Crippen LogP contribution < -0.4 is 10.5 Å². The van der Waals surface area contributed by atoms with Crippen molar-refractivity contribution in [3.63, 3.8) is 0 Å². The maximum atomic E-state index is 5.97. The second-order valence-corrected chi connectivity index (χ2v) is 7.21. The van der Waals surface area contributed by atoms with Gasteiger partial charge in [0.25, 0.3) is 5.89 Å². The van der Waals surface area contributed by atoms with Crippen molar-refractivity contribution in [2.45, 2.75) is 13.5 Å². The van der Waals surface area contributed by atoms with E-state index in [4.69, 9.17) is 15.0 Å². The van der Waals surface area contributed by atoms with Crippen molar-refractivity contribution in [1.82, 2.24) is 10.1 Å². The fourth-order valence-corrected chi connectivity index (χ4v) is 3.21. The van der Waals surface area contributed by atoms with Crippen LogP contribution in [-0.2, 0) is 6.61 Å². The van der Waals surface area contributed by atoms with Gasteiger partial charge in [0.15, 0.2) is 0 Å². The Bertz CT molecular complexity index is 1110. The molecule has 0 aliphatic heterocycles. The molecule has 5 nitrogen and oxygen atoms in total. The molecule has 3 aromatic carbocycles. The highest BCUT2D eigenvalue weighted by Gasteiger charge is 2.13. The minimum Gasteiger partial charge on any atom is -0.488 e. The summed E-state index contributed by atoms with van der Waals surface area (Å²) in [6.07, 6.45) is 0. The Kier molecular flexibility index (Phi) is 5.12. The molecule has 0 amide bonds. The van der Waals surface area contributed by atoms with E-state index in [0.717, 1.165) is 32.5 Å². The summed E-state index contributed by atoms with van der Waals surface area (Å²) in [5.74, 6) is 1.81. The molecule has 2 N–H and O–H groups in total. The van der Waals surface area contributed by atoms with Crippen molar-refractivity contribution >= 4 is 21.6 Å². The standard InChI is InChI=1S/C22H18BrN3O2/c1-14-17(5-4-7-19(14)24)21-25-22(28-26-21)16-11-9-15(10-12-16)13-27-20-8-3-2-6-18(20)23/h2-12H,13,24H2,1H3. The molecule has 0 fully saturated rings. The number of hydrogen-bond donors (Lipinski definition) is 1. The molecule has 28 heavy (non-hydrogen) atoms. The van der Waals surface area contributed by atoms with Crippen LogP contribution in [0, 0.1) is 6.92 Å². The van der Waals surface area contributed by atoms with E-state index in [9.17, 15) is 0 Å². The molecule has 6 heteroatoms. The molecule has 4 aromatic rings. The predicted octanol–water partition coefficient (Wildman–Crippen LogP) is 5.64. The number of benzene rings is 3. The Morgan fingerprint density at radius 2 is 1.79 bits per heavy atom. The zero-order valence-electron chi connectivity index (χ0n) is 15.2. The van der Waals surface area contributed by atoms with Crippen molar-refractivity contribution in [2.75, 3.05) is 5.73 Å². The first-order chi connectivity index (χ1) is 13.6. The molecule has 0 radical (unpaired) electrons. The van der Waals surface area contributed by atoms with Crippen LogP contribution in [0.5, 0.6) is 5.75 Å². The largest absolute Gasteiger partial charge is 0.488 e. The molecule has 140 valence electrons. The number of hydrogen-bond acceptors (Lipinski definition) is 5. The zero-order valence-corrected chi connectivity index (χ0v) is 16.8. The first-order valence-electron chi connectivity index (χ1n) is 8.77. The fraction of sp³-hybridized carbons (Fsp3) is 0.0909. The Morgan fingerprint density at radius 1 is 1.00 bits per heavy atom. The van der Waals surface area contributed by atoms with E-state index in [1.54, 1.807) is 0 Å². The average Bonchev–Trinajstić information content (AvgIpc) is 3.20. The second kappa shape index (κ2) is 7.86. The van der Waals surface area contributed by atoms with E-state index in [-0.39, 0.29) is 0 Å². The van der Waals surface area contributed by atoms with Crippen molar-refractivity contribution in [2.24, 2.45) is 0 Å². The van der Waals surface area contributed by atoms with Crippen molar-refractivity contribution in [1.29, 1.82) is 0 Å². The van der Waals surface area contributed by atoms with E-state index in [2.05, 4.69) is 26.1 Å². The molecular formula is C22H18BrN3O2. The van der Waals surface area contributed by atoms with Crippen molar-refractivity contribution in [3.05, 3.63) is 82.3 Å². The summed E-state index contributed by atoms with van der Waals surface area (Å²) in [7, 11) is 0. The molecule has 0 aliphatic rings. The lowest BCUT2D eigenvalue weighted by Gasteiger charge is -2.08. The number of nitrogen functional groups attached to an aromatic ring is 1. The number of nitrogens with two attached hydrogens (primary N) is 1. The van der Waals surface area contributed by atoms with Gasteiger partial charge in [0, 0.05) is 16.8 Å². The lowest BCUT2D eigenvalue weighted by Crippen LogP contribution is -1.95. The summed E-state index contributed by atoms with van der Waals surface area (Å²) < 4.78 is 12.2. The van der Waals surface area contributed by atoms with Crippen LogP contribution in [0.15, 0.2) is 75.7 Å². The summed E-state index contributed by atoms with van der Waals surface area (Å²) in [5, 5.41) is 4.10. The highest BCUT2D eigenvalue weighted by molar-refractivity contribution is 9.10. The number of halogens is 1. The number of aromatic nitrogens is 2. The SMILES string of the molecule is Cc1c(N)cccc1-c1noc(-c2ccc(COc3ccccc3Br)cc2)n1. The molecule has 0 bridgehead atoms. The number of rotatable bonds is 5. The van der Waals surface area contributed by atoms with Crippen LogP contribution in [0.25, 0.3) is 22.8 Å². The summed E-state index contributed by atoms with van der Waals surface area (Å²) >= 11 is 3.48. The lowest BCUT2D eigenvalue weighted by atomic mass is 10.1. The van der Waals surface area contributed by atoms with Gasteiger partial charge in [-0.1, -0.05) is 41.6 Å². The highest BCUT2D eigenvalue weighted by Crippen LogP contribution is 2.28. The Balaban J connectivity index is 1.49. The molecule has 0 spiro atoms. The average molecular weight is 436 g/mol. The van der Waals surface area contributed by atoms with Gasteiger partial charge in [0.2, 0.25) is 5.82 Å². The van der Waals surface area contributed by atoms with E-state index in [1.807, 2.05) is 73.7 Å². The third-order valence-electron chi connectivity index (χ3n) is 4.47. The Labute approximate surface area is 171 Å². The number of anilines is 1. The van der Waals surface area contributed by atoms with Gasteiger partial charge in [-0.25, -0.2) is 0 Å². The lowest BCUT2D eigenvalue weighted by molar-refractivity contribution is 0.304. The smallest absolute Gasteiger partial charge is 0.258 e. The monoisotopic (exact) mass is 435 g/mol. The van der Waals surface area contributed by atoms with Crippen LogP contribution in [0.3, 0.4) is 0 Å². The maximum absolute atomic E-state index is 5.97. The molecule has 0 aliphatic carbocycles. The molecule has 4 rings (SSSR count). The predicted molar refractivity (Wildman–Crippen MR) is 113 cm³/mol. The summed E-state index contributed by atoms with van der Waals surface area (Å²) in [6, 6.07) is 21.3. The molecule has 1 heterocycles. The van der Waals surface area contributed by atoms with E-state index < -0.39 is 0 Å². The molecule has 0 saturated heterocycles. The van der Waals surface area contributed by atoms with Gasteiger partial charge in [-0.15, -0.1) is 0 Å². The van der Waals surface area contributed by atoms with Crippen molar-refractivity contribution < 1.29 is 9.26 Å². The minimum absolute atomic E-state index is 0.468. The van der Waals surface area contributed by atoms with Crippen LogP contribution >= 0.6 is 15.9 Å². The van der Waals surface area contributed by atoms with Crippen LogP contribution in [0.1, 0.15) is 11.1 Å². The number of nitrogens with zero attached hydrogens (tertiary/aromatic N) is 2. The molecule has 1 aromatic heterocycles. The second-order valence-electron chi connectivity index (χ2n) is 6.36. The van der Waals surface area contributed by atoms with E-state index >= 15 is 0 Å². The first kappa shape index (κ1) is 18.3. The van der Waals surface area contributed by atoms with Crippen LogP contribution in [0.2, 0.25) is 0 Å². The van der Waals surface area contributed by atoms with Gasteiger partial charge < -0.3 is 15.0 Å². The van der Waals surface area contributed by atoms with E-state index in [0.29, 0.717) is 24.0 Å². The normalized spacial score (nSPS) is 10.8. The first-order valence-corrected chi connectivity index (χ1v) is 9.57. The van der Waals surface area contributed by atoms with Gasteiger partial charge in [0.05, 0.1) is 4.47 Å². The van der Waals surface area contributed by atoms with Gasteiger partial charge in [0.1, 0.15) is 12.4 Å². The number of ether oxygens (including phenoxy) is 1. The number of para-hydroxylation sites is 1. The quantitative estimate of drug-likeness (QED) is 0.410. The molecule has 0 atom stereocenters. The minimum atomic E-state index is 0.468. The van der Waals surface area contributed by atoms with Gasteiger partial charge in [-0.05, 0) is 64.3 Å². The Morgan fingerprint density at radius 3 is 2.57 bits per heavy atom. The van der Waals surface area contributed by atoms with Crippen molar-refractivity contribution in [3.8, 4) is 28.6 Å². The topological polar surface area (TPSA) is 74.2 Å².